The summed E-state index contributed by atoms with van der Waals surface area (Å²) in [6, 6.07) is 9.31. The van der Waals surface area contributed by atoms with Crippen LogP contribution in [0, 0.1) is 35.9 Å². The second-order valence-corrected chi connectivity index (χ2v) is 12.9. The summed E-state index contributed by atoms with van der Waals surface area (Å²) in [4.78, 5) is 25.1. The number of sulfonamides is 1. The maximum Gasteiger partial charge on any atom is 0.338 e. The maximum absolute atomic E-state index is 13.6. The lowest BCUT2D eigenvalue weighted by molar-refractivity contribution is -0.128. The van der Waals surface area contributed by atoms with Crippen molar-refractivity contribution in [3.05, 3.63) is 59.4 Å². The fourth-order valence-corrected chi connectivity index (χ4v) is 8.45. The molecule has 1 atom stereocenters. The van der Waals surface area contributed by atoms with Crippen molar-refractivity contribution in [2.45, 2.75) is 63.3 Å². The third-order valence-electron chi connectivity index (χ3n) is 8.51. The number of amides is 1. The highest BCUT2D eigenvalue weighted by atomic mass is 32.2. The average molecular weight is 529 g/mol. The van der Waals surface area contributed by atoms with Crippen LogP contribution in [0.3, 0.4) is 0 Å². The molecule has 0 radical (unpaired) electrons. The highest BCUT2D eigenvalue weighted by Crippen LogP contribution is 2.61. The van der Waals surface area contributed by atoms with Crippen LogP contribution in [-0.4, -0.2) is 32.9 Å². The smallest absolute Gasteiger partial charge is 0.338 e. The van der Waals surface area contributed by atoms with Gasteiger partial charge in [-0.25, -0.2) is 17.6 Å². The zero-order valence-corrected chi connectivity index (χ0v) is 21.9. The Balaban J connectivity index is 1.18. The Hall–Kier alpha value is -2.94. The molecule has 4 saturated carbocycles. The number of halogens is 1. The van der Waals surface area contributed by atoms with Crippen molar-refractivity contribution in [1.29, 1.82) is 0 Å². The topological polar surface area (TPSA) is 102 Å². The molecular formula is C28H33FN2O5S. The van der Waals surface area contributed by atoms with Gasteiger partial charge < -0.3 is 10.1 Å². The predicted octanol–water partition coefficient (Wildman–Crippen LogP) is 4.81. The molecule has 4 aliphatic rings. The number of hydrogen-bond donors (Lipinski definition) is 2. The molecule has 4 bridgehead atoms. The van der Waals surface area contributed by atoms with Gasteiger partial charge in [-0.1, -0.05) is 12.1 Å². The molecule has 198 valence electrons. The SMILES string of the molecule is Cc1ccc(F)cc1S(=O)(=O)Nc1cccc(C(=O)OCC(=O)NC(C)C23CC4CC(CC(C4)C2)C3)c1. The van der Waals surface area contributed by atoms with Crippen LogP contribution in [0.1, 0.15) is 61.4 Å². The molecule has 37 heavy (non-hydrogen) atoms. The van der Waals surface area contributed by atoms with E-state index in [1.807, 2.05) is 0 Å². The first kappa shape index (κ1) is 25.7. The van der Waals surface area contributed by atoms with Crippen molar-refractivity contribution in [3.8, 4) is 0 Å². The second kappa shape index (κ2) is 9.74. The third kappa shape index (κ3) is 5.37. The van der Waals surface area contributed by atoms with Gasteiger partial charge in [0.05, 0.1) is 10.5 Å². The number of nitrogens with one attached hydrogen (secondary N) is 2. The minimum atomic E-state index is -4.07. The van der Waals surface area contributed by atoms with E-state index in [0.717, 1.165) is 23.8 Å². The molecule has 6 rings (SSSR count). The number of benzene rings is 2. The van der Waals surface area contributed by atoms with Gasteiger partial charge in [-0.15, -0.1) is 0 Å². The van der Waals surface area contributed by atoms with Gasteiger partial charge >= 0.3 is 5.97 Å². The molecule has 2 N–H and O–H groups in total. The van der Waals surface area contributed by atoms with Crippen LogP contribution in [0.15, 0.2) is 47.4 Å². The van der Waals surface area contributed by atoms with E-state index in [-0.39, 0.29) is 33.5 Å². The van der Waals surface area contributed by atoms with E-state index < -0.39 is 28.4 Å². The van der Waals surface area contributed by atoms with Crippen LogP contribution in [0.5, 0.6) is 0 Å². The number of hydrogen-bond acceptors (Lipinski definition) is 5. The second-order valence-electron chi connectivity index (χ2n) is 11.2. The quantitative estimate of drug-likeness (QED) is 0.479. The zero-order chi connectivity index (χ0) is 26.4. The molecule has 7 nitrogen and oxygen atoms in total. The number of rotatable bonds is 8. The summed E-state index contributed by atoms with van der Waals surface area (Å²) in [7, 11) is -4.07. The Morgan fingerprint density at radius 2 is 1.70 bits per heavy atom. The fraction of sp³-hybridized carbons (Fsp3) is 0.500. The minimum Gasteiger partial charge on any atom is -0.452 e. The summed E-state index contributed by atoms with van der Waals surface area (Å²) in [5.74, 6) is 0.587. The Morgan fingerprint density at radius 1 is 1.05 bits per heavy atom. The lowest BCUT2D eigenvalue weighted by Gasteiger charge is -2.59. The van der Waals surface area contributed by atoms with Crippen molar-refractivity contribution in [2.75, 3.05) is 11.3 Å². The van der Waals surface area contributed by atoms with Gasteiger partial charge in [-0.05, 0) is 111 Å². The highest BCUT2D eigenvalue weighted by molar-refractivity contribution is 7.92. The van der Waals surface area contributed by atoms with E-state index in [9.17, 15) is 22.4 Å². The molecule has 0 saturated heterocycles. The standard InChI is InChI=1S/C28H33FN2O5S/c1-17-6-7-23(29)12-25(17)37(34,35)31-24-5-3-4-22(11-24)27(33)36-16-26(32)30-18(2)28-13-19-8-20(14-28)10-21(9-19)15-28/h3-7,11-12,18-21,31H,8-10,13-16H2,1-2H3,(H,30,32). The van der Waals surface area contributed by atoms with Gasteiger partial charge in [-0.2, -0.15) is 0 Å². The number of aryl methyl sites for hydroxylation is 1. The van der Waals surface area contributed by atoms with Crippen molar-refractivity contribution in [3.63, 3.8) is 0 Å². The molecule has 0 aromatic heterocycles. The third-order valence-corrected chi connectivity index (χ3v) is 10.0. The molecule has 0 spiro atoms. The molecule has 4 aliphatic carbocycles. The van der Waals surface area contributed by atoms with Gasteiger partial charge in [0.15, 0.2) is 6.61 Å². The summed E-state index contributed by atoms with van der Waals surface area (Å²) in [6.45, 7) is 3.23. The summed E-state index contributed by atoms with van der Waals surface area (Å²) >= 11 is 0. The van der Waals surface area contributed by atoms with Crippen LogP contribution in [0.2, 0.25) is 0 Å². The molecule has 1 amide bonds. The van der Waals surface area contributed by atoms with Gasteiger partial charge in [0.25, 0.3) is 15.9 Å². The lowest BCUT2D eigenvalue weighted by Crippen LogP contribution is -2.56. The molecule has 2 aromatic rings. The Bertz CT molecular complexity index is 1290. The number of carbonyl (C=O) groups is 2. The predicted molar refractivity (Wildman–Crippen MR) is 137 cm³/mol. The number of anilines is 1. The average Bonchev–Trinajstić information content (AvgIpc) is 2.83. The number of esters is 1. The monoisotopic (exact) mass is 528 g/mol. The first-order valence-electron chi connectivity index (χ1n) is 12.9. The summed E-state index contributed by atoms with van der Waals surface area (Å²) in [5, 5.41) is 3.08. The molecular weight excluding hydrogens is 495 g/mol. The van der Waals surface area contributed by atoms with Gasteiger partial charge in [0.2, 0.25) is 0 Å². The first-order chi connectivity index (χ1) is 17.5. The van der Waals surface area contributed by atoms with Crippen molar-refractivity contribution in [1.82, 2.24) is 5.32 Å². The van der Waals surface area contributed by atoms with Gasteiger partial charge in [0, 0.05) is 11.7 Å². The first-order valence-corrected chi connectivity index (χ1v) is 14.4. The van der Waals surface area contributed by atoms with Crippen molar-refractivity contribution < 1.29 is 27.1 Å². The Morgan fingerprint density at radius 3 is 2.35 bits per heavy atom. The van der Waals surface area contributed by atoms with E-state index >= 15 is 0 Å². The molecule has 2 aromatic carbocycles. The Kier molecular flexibility index (Phi) is 6.77. The van der Waals surface area contributed by atoms with Crippen molar-refractivity contribution >= 4 is 27.6 Å². The maximum atomic E-state index is 13.6. The fourth-order valence-electron chi connectivity index (χ4n) is 7.14. The van der Waals surface area contributed by atoms with Crippen LogP contribution in [0.4, 0.5) is 10.1 Å². The van der Waals surface area contributed by atoms with Gasteiger partial charge in [0.1, 0.15) is 5.82 Å². The minimum absolute atomic E-state index is 0.0242. The lowest BCUT2D eigenvalue weighted by atomic mass is 9.48. The van der Waals surface area contributed by atoms with E-state index in [0.29, 0.717) is 5.56 Å². The highest BCUT2D eigenvalue weighted by Gasteiger charge is 2.53. The summed E-state index contributed by atoms with van der Waals surface area (Å²) < 4.78 is 46.7. The molecule has 4 fully saturated rings. The number of carbonyl (C=O) groups excluding carboxylic acids is 2. The molecule has 9 heteroatoms. The van der Waals surface area contributed by atoms with Gasteiger partial charge in [-0.3, -0.25) is 9.52 Å². The summed E-state index contributed by atoms with van der Waals surface area (Å²) in [6.07, 6.45) is 7.48. The van der Waals surface area contributed by atoms with Crippen molar-refractivity contribution in [2.24, 2.45) is 23.2 Å². The van der Waals surface area contributed by atoms with E-state index in [2.05, 4.69) is 17.0 Å². The van der Waals surface area contributed by atoms with Crippen LogP contribution >= 0.6 is 0 Å². The molecule has 0 heterocycles. The molecule has 0 aliphatic heterocycles. The van der Waals surface area contributed by atoms with E-state index in [4.69, 9.17) is 4.74 Å². The zero-order valence-electron chi connectivity index (χ0n) is 21.1. The Labute approximate surface area is 217 Å². The molecule has 1 unspecified atom stereocenters. The van der Waals surface area contributed by atoms with E-state index in [1.54, 1.807) is 6.92 Å². The van der Waals surface area contributed by atoms with Crippen LogP contribution in [-0.2, 0) is 19.6 Å². The number of ether oxygens (including phenoxy) is 1. The van der Waals surface area contributed by atoms with E-state index in [1.165, 1.54) is 74.9 Å². The van der Waals surface area contributed by atoms with Crippen LogP contribution in [0.25, 0.3) is 0 Å². The van der Waals surface area contributed by atoms with Crippen LogP contribution < -0.4 is 10.0 Å². The normalized spacial score (nSPS) is 26.9. The summed E-state index contributed by atoms with van der Waals surface area (Å²) in [5.41, 5.74) is 0.759. The largest absolute Gasteiger partial charge is 0.452 e.